The fourth-order valence-electron chi connectivity index (χ4n) is 6.01. The first-order chi connectivity index (χ1) is 19.3. The van der Waals surface area contributed by atoms with Gasteiger partial charge in [-0.3, -0.25) is 14.5 Å². The average Bonchev–Trinajstić information content (AvgIpc) is 2.94. The summed E-state index contributed by atoms with van der Waals surface area (Å²) < 4.78 is 18.9. The number of piperidine rings is 1. The van der Waals surface area contributed by atoms with Crippen molar-refractivity contribution in [3.8, 4) is 17.2 Å². The highest BCUT2D eigenvalue weighted by molar-refractivity contribution is 5.89. The van der Waals surface area contributed by atoms with Crippen molar-refractivity contribution in [1.29, 1.82) is 0 Å². The Balaban J connectivity index is 1.28. The van der Waals surface area contributed by atoms with Gasteiger partial charge in [-0.15, -0.1) is 0 Å². The summed E-state index contributed by atoms with van der Waals surface area (Å²) in [6, 6.07) is 14.8. The number of phenolic OH excluding ortho intramolecular Hbond substituents is 1. The molecule has 1 fully saturated rings. The first-order valence-electron chi connectivity index (χ1n) is 13.5. The number of aromatic nitrogens is 1. The maximum atomic E-state index is 13.5. The van der Waals surface area contributed by atoms with Gasteiger partial charge in [0.2, 0.25) is 11.2 Å². The smallest absolute Gasteiger partial charge is 0.338 e. The topological polar surface area (TPSA) is 111 Å². The summed E-state index contributed by atoms with van der Waals surface area (Å²) in [5.41, 5.74) is 2.01. The van der Waals surface area contributed by atoms with Crippen LogP contribution in [0.25, 0.3) is 11.0 Å². The van der Waals surface area contributed by atoms with Gasteiger partial charge >= 0.3 is 5.97 Å². The Morgan fingerprint density at radius 2 is 1.85 bits per heavy atom. The zero-order valence-electron chi connectivity index (χ0n) is 22.4. The Bertz CT molecular complexity index is 1720. The number of ether oxygens (including phenoxy) is 2. The summed E-state index contributed by atoms with van der Waals surface area (Å²) in [7, 11) is 0. The molecule has 0 amide bonds. The zero-order valence-corrected chi connectivity index (χ0v) is 22.4. The van der Waals surface area contributed by atoms with Crippen molar-refractivity contribution in [3.05, 3.63) is 97.8 Å². The van der Waals surface area contributed by atoms with Gasteiger partial charge in [0.05, 0.1) is 23.1 Å². The van der Waals surface area contributed by atoms with Crippen LogP contribution >= 0.6 is 0 Å². The van der Waals surface area contributed by atoms with Gasteiger partial charge in [0.1, 0.15) is 22.8 Å². The van der Waals surface area contributed by atoms with Crippen LogP contribution in [0.1, 0.15) is 46.6 Å². The monoisotopic (exact) mass is 542 g/mol. The summed E-state index contributed by atoms with van der Waals surface area (Å²) in [6.07, 6.45) is 1.02. The quantitative estimate of drug-likeness (QED) is 0.353. The first-order valence-corrected chi connectivity index (χ1v) is 13.5. The lowest BCUT2D eigenvalue weighted by molar-refractivity contribution is 0.0526. The fraction of sp³-hybridized carbons (Fsp3) is 0.323. The summed E-state index contributed by atoms with van der Waals surface area (Å²) >= 11 is 0. The summed E-state index contributed by atoms with van der Waals surface area (Å²) in [6.45, 7) is 6.27. The SMILES string of the molecule is CCOC(=O)c1ccc(Oc2c(C)oc3c(CN4C[C@H]5C[C@@H](C4)c4cccc(=O)n4C5)c(O)ccc3c2=O)cc1. The number of esters is 1. The molecule has 2 atom stereocenters. The van der Waals surface area contributed by atoms with Crippen LogP contribution in [0.2, 0.25) is 0 Å². The van der Waals surface area contributed by atoms with Crippen LogP contribution in [0, 0.1) is 12.8 Å². The van der Waals surface area contributed by atoms with Crippen LogP contribution < -0.4 is 15.7 Å². The van der Waals surface area contributed by atoms with Crippen LogP contribution in [0.3, 0.4) is 0 Å². The second-order valence-electron chi connectivity index (χ2n) is 10.5. The highest BCUT2D eigenvalue weighted by Crippen LogP contribution is 2.37. The largest absolute Gasteiger partial charge is 0.507 e. The van der Waals surface area contributed by atoms with Gasteiger partial charge < -0.3 is 23.6 Å². The standard InChI is InChI=1S/C31H30N2O7/c1-3-38-31(37)20-7-9-22(10-8-20)40-29-18(2)39-30-23(28(29)36)11-12-26(34)24(30)17-32-14-19-13-21(16-32)25-5-4-6-27(35)33(25)15-19/h4-12,19,21,34H,3,13-17H2,1-2H3/t19-,21+/m1/s1. The molecule has 4 heterocycles. The molecular formula is C31H30N2O7. The molecule has 9 nitrogen and oxygen atoms in total. The average molecular weight is 543 g/mol. The Morgan fingerprint density at radius 1 is 1.05 bits per heavy atom. The maximum Gasteiger partial charge on any atom is 0.338 e. The predicted molar refractivity (Wildman–Crippen MR) is 148 cm³/mol. The number of aryl methyl sites for hydroxylation is 1. The molecule has 1 saturated heterocycles. The number of fused-ring (bicyclic) bond motifs is 5. The second kappa shape index (κ2) is 10.3. The molecule has 6 rings (SSSR count). The van der Waals surface area contributed by atoms with Crippen molar-refractivity contribution in [1.82, 2.24) is 9.47 Å². The Hall–Kier alpha value is -4.37. The van der Waals surface area contributed by atoms with E-state index in [1.54, 1.807) is 50.2 Å². The van der Waals surface area contributed by atoms with Crippen LogP contribution in [-0.2, 0) is 17.8 Å². The molecule has 206 valence electrons. The lowest BCUT2D eigenvalue weighted by Crippen LogP contribution is -2.46. The number of phenols is 1. The molecule has 40 heavy (non-hydrogen) atoms. The number of nitrogens with zero attached hydrogens (tertiary/aromatic N) is 2. The minimum absolute atomic E-state index is 0.0394. The van der Waals surface area contributed by atoms with E-state index >= 15 is 0 Å². The van der Waals surface area contributed by atoms with Crippen LogP contribution in [0.15, 0.2) is 68.6 Å². The molecule has 0 unspecified atom stereocenters. The number of hydrogen-bond donors (Lipinski definition) is 1. The number of likely N-dealkylation sites (tertiary alicyclic amines) is 1. The number of benzene rings is 2. The van der Waals surface area contributed by atoms with Gasteiger partial charge in [0, 0.05) is 43.9 Å². The van der Waals surface area contributed by atoms with Crippen LogP contribution in [-0.4, -0.2) is 40.2 Å². The van der Waals surface area contributed by atoms with E-state index in [-0.39, 0.29) is 40.8 Å². The van der Waals surface area contributed by atoms with Crippen LogP contribution in [0.4, 0.5) is 0 Å². The molecule has 1 N–H and O–H groups in total. The normalized spacial score (nSPS) is 18.4. The van der Waals surface area contributed by atoms with Crippen molar-refractivity contribution in [2.24, 2.45) is 5.92 Å². The minimum Gasteiger partial charge on any atom is -0.507 e. The molecule has 2 aliphatic rings. The van der Waals surface area contributed by atoms with E-state index in [4.69, 9.17) is 13.9 Å². The number of rotatable bonds is 6. The van der Waals surface area contributed by atoms with Gasteiger partial charge in [-0.05, 0) is 68.7 Å². The van der Waals surface area contributed by atoms with E-state index in [0.29, 0.717) is 46.9 Å². The molecule has 4 aromatic rings. The van der Waals surface area contributed by atoms with E-state index in [1.807, 2.05) is 16.7 Å². The minimum atomic E-state index is -0.432. The van der Waals surface area contributed by atoms with Crippen molar-refractivity contribution in [3.63, 3.8) is 0 Å². The van der Waals surface area contributed by atoms with Crippen molar-refractivity contribution in [2.75, 3.05) is 19.7 Å². The number of carbonyl (C=O) groups is 1. The highest BCUT2D eigenvalue weighted by Gasteiger charge is 2.35. The molecule has 0 spiro atoms. The fourth-order valence-corrected chi connectivity index (χ4v) is 6.01. The van der Waals surface area contributed by atoms with E-state index in [1.165, 1.54) is 6.07 Å². The van der Waals surface area contributed by atoms with Crippen LogP contribution in [0.5, 0.6) is 17.2 Å². The van der Waals surface area contributed by atoms with E-state index in [9.17, 15) is 19.5 Å². The Morgan fingerprint density at radius 3 is 2.62 bits per heavy atom. The zero-order chi connectivity index (χ0) is 28.0. The van der Waals surface area contributed by atoms with Gasteiger partial charge in [-0.1, -0.05) is 6.07 Å². The third-order valence-electron chi connectivity index (χ3n) is 7.78. The van der Waals surface area contributed by atoms with E-state index in [2.05, 4.69) is 4.90 Å². The Labute approximate surface area is 230 Å². The van der Waals surface area contributed by atoms with Crippen molar-refractivity contribution in [2.45, 2.75) is 39.3 Å². The lowest BCUT2D eigenvalue weighted by Gasteiger charge is -2.42. The van der Waals surface area contributed by atoms with Gasteiger partial charge in [-0.25, -0.2) is 4.79 Å². The molecule has 2 aromatic heterocycles. The second-order valence-corrected chi connectivity index (χ2v) is 10.5. The number of pyridine rings is 1. The maximum absolute atomic E-state index is 13.5. The molecule has 2 aromatic carbocycles. The molecule has 0 saturated carbocycles. The molecule has 2 aliphatic heterocycles. The number of carbonyl (C=O) groups excluding carboxylic acids is 1. The van der Waals surface area contributed by atoms with Gasteiger partial charge in [-0.2, -0.15) is 0 Å². The summed E-state index contributed by atoms with van der Waals surface area (Å²) in [5, 5.41) is 11.1. The lowest BCUT2D eigenvalue weighted by atomic mass is 9.83. The Kier molecular flexibility index (Phi) is 6.67. The third kappa shape index (κ3) is 4.66. The number of hydrogen-bond acceptors (Lipinski definition) is 8. The third-order valence-corrected chi connectivity index (χ3v) is 7.78. The van der Waals surface area contributed by atoms with Gasteiger partial charge in [0.25, 0.3) is 5.56 Å². The predicted octanol–water partition coefficient (Wildman–Crippen LogP) is 4.56. The van der Waals surface area contributed by atoms with Crippen molar-refractivity contribution >= 4 is 16.9 Å². The van der Waals surface area contributed by atoms with E-state index < -0.39 is 5.97 Å². The summed E-state index contributed by atoms with van der Waals surface area (Å²) in [5.74, 6) is 0.880. The summed E-state index contributed by atoms with van der Waals surface area (Å²) in [4.78, 5) is 40.1. The van der Waals surface area contributed by atoms with Crippen molar-refractivity contribution < 1.29 is 23.8 Å². The van der Waals surface area contributed by atoms with Gasteiger partial charge in [0.15, 0.2) is 0 Å². The van der Waals surface area contributed by atoms with E-state index in [0.717, 1.165) is 25.2 Å². The first kappa shape index (κ1) is 25.9. The molecule has 0 aliphatic carbocycles. The molecule has 0 radical (unpaired) electrons. The molecule has 2 bridgehead atoms. The molecular weight excluding hydrogens is 512 g/mol. The number of aromatic hydroxyl groups is 1. The highest BCUT2D eigenvalue weighted by atomic mass is 16.5. The molecule has 9 heteroatoms.